The van der Waals surface area contributed by atoms with Gasteiger partial charge in [-0.1, -0.05) is 17.7 Å². The van der Waals surface area contributed by atoms with Gasteiger partial charge in [-0.25, -0.2) is 9.78 Å². The van der Waals surface area contributed by atoms with Crippen molar-refractivity contribution in [1.29, 1.82) is 0 Å². The molecule has 0 fully saturated rings. The maximum Gasteiger partial charge on any atom is 0.326 e. The second-order valence-electron chi connectivity index (χ2n) is 9.30. The molecule has 0 spiro atoms. The molecule has 0 aromatic carbocycles. The van der Waals surface area contributed by atoms with Crippen molar-refractivity contribution in [2.24, 2.45) is 0 Å². The maximum atomic E-state index is 12.4. The van der Waals surface area contributed by atoms with Crippen LogP contribution < -0.4 is 10.6 Å². The number of hydrogen-bond donors (Lipinski definition) is 4. The smallest absolute Gasteiger partial charge is 0.326 e. The van der Waals surface area contributed by atoms with Crippen molar-refractivity contribution in [3.05, 3.63) is 40.3 Å². The van der Waals surface area contributed by atoms with Crippen molar-refractivity contribution >= 4 is 29.3 Å². The van der Waals surface area contributed by atoms with Crippen LogP contribution in [0.2, 0.25) is 5.02 Å². The number of nitrogens with one attached hydrogen (secondary N) is 3. The number of amides is 1. The van der Waals surface area contributed by atoms with E-state index in [0.717, 1.165) is 56.7 Å². The van der Waals surface area contributed by atoms with Gasteiger partial charge in [0.1, 0.15) is 17.6 Å². The molecular formula is C25H37ClN6O4. The van der Waals surface area contributed by atoms with Gasteiger partial charge < -0.3 is 25.4 Å². The molecule has 1 amide bonds. The van der Waals surface area contributed by atoms with Crippen LogP contribution in [0.3, 0.4) is 0 Å². The third-order valence-corrected chi connectivity index (χ3v) is 6.41. The number of aryl methyl sites for hydroxylation is 2. The summed E-state index contributed by atoms with van der Waals surface area (Å²) in [6.07, 6.45) is 6.73. The van der Waals surface area contributed by atoms with Crippen LogP contribution in [0.4, 0.5) is 5.82 Å². The summed E-state index contributed by atoms with van der Waals surface area (Å²) in [5.41, 5.74) is 2.43. The van der Waals surface area contributed by atoms with Crippen molar-refractivity contribution in [2.45, 2.75) is 64.5 Å². The fourth-order valence-electron chi connectivity index (χ4n) is 4.13. The Morgan fingerprint density at radius 1 is 1.25 bits per heavy atom. The van der Waals surface area contributed by atoms with Crippen LogP contribution in [0, 0.1) is 0 Å². The molecule has 198 valence electrons. The summed E-state index contributed by atoms with van der Waals surface area (Å²) in [6, 6.07) is 3.25. The molecule has 2 aromatic heterocycles. The van der Waals surface area contributed by atoms with E-state index < -0.39 is 17.9 Å². The second kappa shape index (κ2) is 14.2. The third-order valence-electron chi connectivity index (χ3n) is 6.13. The molecule has 0 saturated heterocycles. The van der Waals surface area contributed by atoms with Gasteiger partial charge in [0.05, 0.1) is 23.9 Å². The van der Waals surface area contributed by atoms with Crippen LogP contribution >= 0.6 is 11.6 Å². The highest BCUT2D eigenvalue weighted by Crippen LogP contribution is 2.20. The van der Waals surface area contributed by atoms with E-state index >= 15 is 0 Å². The first kappa shape index (κ1) is 27.9. The quantitative estimate of drug-likeness (QED) is 0.263. The molecule has 0 radical (unpaired) electrons. The average molecular weight is 521 g/mol. The monoisotopic (exact) mass is 520 g/mol. The van der Waals surface area contributed by atoms with E-state index in [2.05, 4.69) is 37.9 Å². The molecule has 1 aliphatic heterocycles. The van der Waals surface area contributed by atoms with Crippen molar-refractivity contribution in [1.82, 2.24) is 25.4 Å². The highest BCUT2D eigenvalue weighted by molar-refractivity contribution is 6.33. The van der Waals surface area contributed by atoms with E-state index in [0.29, 0.717) is 19.7 Å². The number of carboxylic acid groups (broad SMARTS) is 1. The summed E-state index contributed by atoms with van der Waals surface area (Å²) in [7, 11) is 0. The molecule has 1 aliphatic rings. The lowest BCUT2D eigenvalue weighted by Gasteiger charge is -2.25. The van der Waals surface area contributed by atoms with E-state index in [1.165, 1.54) is 11.8 Å². The molecule has 1 atom stereocenters. The summed E-state index contributed by atoms with van der Waals surface area (Å²) in [6.45, 7) is 7.51. The number of nitrogens with zero attached hydrogens (tertiary/aromatic N) is 3. The molecule has 0 saturated carbocycles. The van der Waals surface area contributed by atoms with Gasteiger partial charge in [0.2, 0.25) is 0 Å². The molecule has 0 aliphatic carbocycles. The predicted molar refractivity (Wildman–Crippen MR) is 139 cm³/mol. The number of ether oxygens (including phenoxy) is 1. The number of pyridine rings is 1. The van der Waals surface area contributed by atoms with Crippen LogP contribution in [0.15, 0.2) is 18.3 Å². The molecule has 10 nitrogen and oxygen atoms in total. The second-order valence-corrected chi connectivity index (χ2v) is 9.71. The summed E-state index contributed by atoms with van der Waals surface area (Å²) in [5, 5.41) is 21.9. The summed E-state index contributed by atoms with van der Waals surface area (Å²) >= 11 is 5.93. The number of halogens is 1. The number of aromatic nitrogens is 3. The molecule has 0 bridgehead atoms. The van der Waals surface area contributed by atoms with Gasteiger partial charge in [0, 0.05) is 25.3 Å². The number of carbonyl (C=O) groups is 2. The Morgan fingerprint density at radius 3 is 2.81 bits per heavy atom. The predicted octanol–water partition coefficient (Wildman–Crippen LogP) is 3.14. The number of hydrogen-bond acceptors (Lipinski definition) is 7. The van der Waals surface area contributed by atoms with E-state index in [1.807, 2.05) is 13.8 Å². The number of carboxylic acids is 1. The van der Waals surface area contributed by atoms with Gasteiger partial charge in [-0.15, -0.1) is 0 Å². The van der Waals surface area contributed by atoms with Gasteiger partial charge in [0.25, 0.3) is 5.91 Å². The van der Waals surface area contributed by atoms with Gasteiger partial charge in [-0.2, -0.15) is 5.10 Å². The van der Waals surface area contributed by atoms with Gasteiger partial charge in [-0.3, -0.25) is 9.89 Å². The lowest BCUT2D eigenvalue weighted by atomic mass is 10.1. The van der Waals surface area contributed by atoms with Crippen LogP contribution in [0.25, 0.3) is 0 Å². The number of aliphatic carboxylic acids is 1. The molecule has 3 rings (SSSR count). The summed E-state index contributed by atoms with van der Waals surface area (Å²) in [5.74, 6) is -0.666. The Labute approximate surface area is 217 Å². The number of aromatic amines is 1. The Balaban J connectivity index is 1.49. The minimum Gasteiger partial charge on any atom is -0.480 e. The normalized spacial score (nSPS) is 13.9. The van der Waals surface area contributed by atoms with Gasteiger partial charge >= 0.3 is 5.97 Å². The number of unbranched alkanes of at least 4 members (excludes halogenated alkanes) is 1. The molecule has 3 heterocycles. The standard InChI is InChI=1S/C25H37ClN6O4/c1-17(2)36-15-14-32(12-4-3-7-19-9-8-18-6-5-11-27-23(18)29-19)13-10-21(25(34)35)30-24(33)22-20(26)16-28-31-22/h8-9,16-17,21H,3-7,10-15H2,1-2H3,(H,27,29)(H,28,31)(H,30,33)(H,34,35). The number of anilines is 1. The topological polar surface area (TPSA) is 132 Å². The zero-order chi connectivity index (χ0) is 25.9. The number of rotatable bonds is 15. The number of carbonyl (C=O) groups excluding carboxylic acids is 1. The van der Waals surface area contributed by atoms with Crippen LogP contribution in [0.5, 0.6) is 0 Å². The van der Waals surface area contributed by atoms with Crippen LogP contribution in [0.1, 0.15) is 61.3 Å². The van der Waals surface area contributed by atoms with Crippen molar-refractivity contribution < 1.29 is 19.4 Å². The van der Waals surface area contributed by atoms with E-state index in [1.54, 1.807) is 0 Å². The lowest BCUT2D eigenvalue weighted by molar-refractivity contribution is -0.139. The van der Waals surface area contributed by atoms with E-state index in [4.69, 9.17) is 21.3 Å². The first-order valence-corrected chi connectivity index (χ1v) is 13.0. The Hall–Kier alpha value is -2.69. The molecule has 2 aromatic rings. The van der Waals surface area contributed by atoms with Crippen LogP contribution in [-0.2, 0) is 22.4 Å². The average Bonchev–Trinajstić information content (AvgIpc) is 3.29. The first-order valence-electron chi connectivity index (χ1n) is 12.6. The minimum atomic E-state index is -1.09. The Morgan fingerprint density at radius 2 is 2.08 bits per heavy atom. The number of H-pyrrole nitrogens is 1. The van der Waals surface area contributed by atoms with Crippen molar-refractivity contribution in [2.75, 3.05) is 38.1 Å². The molecule has 4 N–H and O–H groups in total. The summed E-state index contributed by atoms with van der Waals surface area (Å²) in [4.78, 5) is 31.1. The Kier molecular flexibility index (Phi) is 11.0. The van der Waals surface area contributed by atoms with E-state index in [9.17, 15) is 14.7 Å². The third kappa shape index (κ3) is 8.76. The highest BCUT2D eigenvalue weighted by atomic mass is 35.5. The van der Waals surface area contributed by atoms with Crippen LogP contribution in [-0.4, -0.2) is 82.0 Å². The number of fused-ring (bicyclic) bond motifs is 1. The Bertz CT molecular complexity index is 999. The fourth-order valence-corrected chi connectivity index (χ4v) is 4.31. The minimum absolute atomic E-state index is 0.0519. The first-order chi connectivity index (χ1) is 17.3. The zero-order valence-electron chi connectivity index (χ0n) is 21.1. The molecular weight excluding hydrogens is 484 g/mol. The summed E-state index contributed by atoms with van der Waals surface area (Å²) < 4.78 is 5.71. The maximum absolute atomic E-state index is 12.4. The lowest BCUT2D eigenvalue weighted by Crippen LogP contribution is -2.43. The van der Waals surface area contributed by atoms with Gasteiger partial charge in [0.15, 0.2) is 0 Å². The van der Waals surface area contributed by atoms with Crippen molar-refractivity contribution in [3.63, 3.8) is 0 Å². The largest absolute Gasteiger partial charge is 0.480 e. The SMILES string of the molecule is CC(C)OCCN(CCCCc1ccc2c(n1)NCCC2)CCC(NC(=O)c1[nH]ncc1Cl)C(=O)O. The highest BCUT2D eigenvalue weighted by Gasteiger charge is 2.23. The van der Waals surface area contributed by atoms with Gasteiger partial charge in [-0.05, 0) is 70.5 Å². The fraction of sp³-hybridized carbons (Fsp3) is 0.600. The zero-order valence-corrected chi connectivity index (χ0v) is 21.8. The van der Waals surface area contributed by atoms with E-state index in [-0.39, 0.29) is 23.2 Å². The molecule has 11 heteroatoms. The molecule has 36 heavy (non-hydrogen) atoms. The molecule has 1 unspecified atom stereocenters. The van der Waals surface area contributed by atoms with Crippen molar-refractivity contribution in [3.8, 4) is 0 Å².